The molecule has 0 aliphatic heterocycles. The third kappa shape index (κ3) is 8.51. The van der Waals surface area contributed by atoms with Crippen molar-refractivity contribution in [3.63, 3.8) is 0 Å². The summed E-state index contributed by atoms with van der Waals surface area (Å²) >= 11 is 6.14. The minimum Gasteiger partial charge on any atom is -0.168 e. The van der Waals surface area contributed by atoms with Crippen LogP contribution in [0.15, 0.2) is 0 Å². The maximum absolute atomic E-state index is 6.14. The van der Waals surface area contributed by atoms with Crippen molar-refractivity contribution in [2.45, 2.75) is 39.4 Å². The maximum atomic E-state index is 6.14. The Morgan fingerprint density at radius 3 is 2.20 bits per heavy atom. The van der Waals surface area contributed by atoms with Gasteiger partial charge in [0.25, 0.3) is 0 Å². The quantitative estimate of drug-likeness (QED) is 0.454. The maximum Gasteiger partial charge on any atom is 0.150 e. The molecule has 2 heteroatoms. The van der Waals surface area contributed by atoms with Gasteiger partial charge >= 0.3 is 0 Å². The third-order valence-electron chi connectivity index (χ3n) is 1.38. The number of rotatable bonds is 4. The minimum atomic E-state index is -1.28. The van der Waals surface area contributed by atoms with Gasteiger partial charge in [-0.1, -0.05) is 33.4 Å². The molecule has 1 radical (unpaired) electrons. The van der Waals surface area contributed by atoms with E-state index in [0.29, 0.717) is 5.92 Å². The summed E-state index contributed by atoms with van der Waals surface area (Å²) in [5.41, 5.74) is 0. The molecular weight excluding hydrogens is 160 g/mol. The molecule has 0 aromatic heterocycles. The topological polar surface area (TPSA) is 0 Å². The van der Waals surface area contributed by atoms with Crippen molar-refractivity contribution >= 4 is 18.5 Å². The van der Waals surface area contributed by atoms with Gasteiger partial charge < -0.3 is 0 Å². The zero-order chi connectivity index (χ0) is 8.20. The van der Waals surface area contributed by atoms with Crippen LogP contribution in [0.3, 0.4) is 0 Å². The number of halogens is 1. The van der Waals surface area contributed by atoms with Crippen molar-refractivity contribution in [3.8, 4) is 0 Å². The molecule has 10 heavy (non-hydrogen) atoms. The highest BCUT2D eigenvalue weighted by atomic mass is 35.6. The van der Waals surface area contributed by atoms with Gasteiger partial charge in [-0.3, -0.25) is 0 Å². The van der Waals surface area contributed by atoms with Crippen molar-refractivity contribution < 1.29 is 0 Å². The molecule has 0 aliphatic carbocycles. The molecule has 0 amide bonds. The van der Waals surface area contributed by atoms with Crippen LogP contribution in [0.25, 0.3) is 0 Å². The van der Waals surface area contributed by atoms with Crippen molar-refractivity contribution in [1.82, 2.24) is 0 Å². The standard InChI is InChI=1S/C8H18ClSi/c1-8(2)6-5-7-10(3,4)9/h6,8H,5,7H2,1-4H3. The molecule has 0 aromatic carbocycles. The SMILES string of the molecule is CC(C)[CH]CC[Si](C)(C)Cl. The van der Waals surface area contributed by atoms with Crippen LogP contribution >= 0.6 is 11.1 Å². The summed E-state index contributed by atoms with van der Waals surface area (Å²) in [6, 6.07) is 1.22. The van der Waals surface area contributed by atoms with Gasteiger partial charge in [-0.25, -0.2) is 0 Å². The summed E-state index contributed by atoms with van der Waals surface area (Å²) in [7, 11) is -1.28. The fourth-order valence-corrected chi connectivity index (χ4v) is 1.94. The van der Waals surface area contributed by atoms with Crippen LogP contribution in [0.4, 0.5) is 0 Å². The number of hydrogen-bond donors (Lipinski definition) is 0. The molecule has 0 rings (SSSR count). The summed E-state index contributed by atoms with van der Waals surface area (Å²) in [5.74, 6) is 0.716. The van der Waals surface area contributed by atoms with E-state index < -0.39 is 7.38 Å². The van der Waals surface area contributed by atoms with E-state index in [1.54, 1.807) is 0 Å². The van der Waals surface area contributed by atoms with Crippen LogP contribution in [-0.4, -0.2) is 7.38 Å². The van der Waals surface area contributed by atoms with E-state index in [1.165, 1.54) is 12.5 Å². The Hall–Kier alpha value is 0.507. The predicted molar refractivity (Wildman–Crippen MR) is 51.9 cm³/mol. The second-order valence-electron chi connectivity index (χ2n) is 3.74. The summed E-state index contributed by atoms with van der Waals surface area (Å²) in [6.45, 7) is 8.82. The molecule has 0 unspecified atom stereocenters. The zero-order valence-corrected chi connectivity index (χ0v) is 9.20. The van der Waals surface area contributed by atoms with Gasteiger partial charge in [0.15, 0.2) is 7.38 Å². The Kier molecular flexibility index (Phi) is 4.62. The van der Waals surface area contributed by atoms with Crippen LogP contribution < -0.4 is 0 Å². The largest absolute Gasteiger partial charge is 0.168 e. The fraction of sp³-hybridized carbons (Fsp3) is 0.875. The molecule has 61 valence electrons. The van der Waals surface area contributed by atoms with Gasteiger partial charge in [0.2, 0.25) is 0 Å². The molecule has 0 heterocycles. The third-order valence-corrected chi connectivity index (χ3v) is 3.42. The second-order valence-corrected chi connectivity index (χ2v) is 10.7. The average molecular weight is 178 g/mol. The smallest absolute Gasteiger partial charge is 0.150 e. The van der Waals surface area contributed by atoms with E-state index in [1.807, 2.05) is 0 Å². The lowest BCUT2D eigenvalue weighted by atomic mass is 10.1. The summed E-state index contributed by atoms with van der Waals surface area (Å²) in [5, 5.41) is 0. The highest BCUT2D eigenvalue weighted by Crippen LogP contribution is 2.18. The van der Waals surface area contributed by atoms with Crippen LogP contribution in [-0.2, 0) is 0 Å². The van der Waals surface area contributed by atoms with Crippen LogP contribution in [0.2, 0.25) is 19.1 Å². The summed E-state index contributed by atoms with van der Waals surface area (Å²) in [6.07, 6.45) is 3.54. The molecular formula is C8H18ClSi. The molecule has 0 nitrogen and oxygen atoms in total. The van der Waals surface area contributed by atoms with Crippen LogP contribution in [0.1, 0.15) is 20.3 Å². The highest BCUT2D eigenvalue weighted by Gasteiger charge is 2.15. The van der Waals surface area contributed by atoms with Gasteiger partial charge in [-0.15, -0.1) is 0 Å². The Bertz CT molecular complexity index is 83.7. The van der Waals surface area contributed by atoms with E-state index in [2.05, 4.69) is 33.4 Å². The Balaban J connectivity index is 3.21. The monoisotopic (exact) mass is 177 g/mol. The molecule has 0 N–H and O–H groups in total. The molecule has 0 aromatic rings. The molecule has 0 aliphatic rings. The van der Waals surface area contributed by atoms with E-state index in [-0.39, 0.29) is 0 Å². The average Bonchev–Trinajstić information content (AvgIpc) is 1.59. The van der Waals surface area contributed by atoms with Crippen LogP contribution in [0.5, 0.6) is 0 Å². The normalized spacial score (nSPS) is 12.6. The first-order chi connectivity index (χ1) is 4.42. The van der Waals surface area contributed by atoms with Gasteiger partial charge in [0, 0.05) is 0 Å². The lowest BCUT2D eigenvalue weighted by Gasteiger charge is -2.12. The van der Waals surface area contributed by atoms with Gasteiger partial charge in [-0.05, 0) is 18.4 Å². The Morgan fingerprint density at radius 1 is 1.40 bits per heavy atom. The van der Waals surface area contributed by atoms with Gasteiger partial charge in [0.1, 0.15) is 0 Å². The summed E-state index contributed by atoms with van der Waals surface area (Å²) < 4.78 is 0. The molecule has 0 saturated carbocycles. The molecule has 0 atom stereocenters. The first-order valence-corrected chi connectivity index (χ1v) is 8.16. The minimum absolute atomic E-state index is 0.716. The lowest BCUT2D eigenvalue weighted by Crippen LogP contribution is -2.15. The van der Waals surface area contributed by atoms with E-state index >= 15 is 0 Å². The van der Waals surface area contributed by atoms with Gasteiger partial charge in [-0.2, -0.15) is 11.1 Å². The van der Waals surface area contributed by atoms with Crippen LogP contribution in [0, 0.1) is 12.3 Å². The predicted octanol–water partition coefficient (Wildman–Crippen LogP) is 3.68. The van der Waals surface area contributed by atoms with E-state index in [9.17, 15) is 0 Å². The highest BCUT2D eigenvalue weighted by molar-refractivity contribution is 7.19. The fourth-order valence-electron chi connectivity index (χ4n) is 0.760. The Labute approximate surface area is 70.7 Å². The zero-order valence-electron chi connectivity index (χ0n) is 7.45. The lowest BCUT2D eigenvalue weighted by molar-refractivity contribution is 0.721. The van der Waals surface area contributed by atoms with E-state index in [0.717, 1.165) is 0 Å². The molecule has 0 spiro atoms. The first kappa shape index (κ1) is 10.5. The van der Waals surface area contributed by atoms with Gasteiger partial charge in [0.05, 0.1) is 0 Å². The van der Waals surface area contributed by atoms with Crippen molar-refractivity contribution in [3.05, 3.63) is 6.42 Å². The number of hydrogen-bond acceptors (Lipinski definition) is 0. The first-order valence-electron chi connectivity index (χ1n) is 3.94. The molecule has 0 saturated heterocycles. The summed E-state index contributed by atoms with van der Waals surface area (Å²) in [4.78, 5) is 0. The van der Waals surface area contributed by atoms with Crippen molar-refractivity contribution in [1.29, 1.82) is 0 Å². The van der Waals surface area contributed by atoms with E-state index in [4.69, 9.17) is 11.1 Å². The molecule has 0 bridgehead atoms. The Morgan fingerprint density at radius 2 is 1.90 bits per heavy atom. The molecule has 0 fully saturated rings. The van der Waals surface area contributed by atoms with Crippen molar-refractivity contribution in [2.75, 3.05) is 0 Å². The second kappa shape index (κ2) is 4.40. The van der Waals surface area contributed by atoms with Crippen molar-refractivity contribution in [2.24, 2.45) is 5.92 Å².